The lowest BCUT2D eigenvalue weighted by Crippen LogP contribution is -2.10. The minimum absolute atomic E-state index is 0.00771. The molecule has 114 valence electrons. The first kappa shape index (κ1) is 14.5. The third-order valence-corrected chi connectivity index (χ3v) is 3.31. The molecule has 0 spiro atoms. The lowest BCUT2D eigenvalue weighted by Gasteiger charge is -2.00. The Morgan fingerprint density at radius 2 is 1.04 bits per heavy atom. The molecule has 0 fully saturated rings. The van der Waals surface area contributed by atoms with Crippen LogP contribution in [-0.4, -0.2) is 21.9 Å². The highest BCUT2D eigenvalue weighted by molar-refractivity contribution is 5.95. The predicted octanol–water partition coefficient (Wildman–Crippen LogP) is 1.97. The molecule has 0 saturated heterocycles. The van der Waals surface area contributed by atoms with Crippen LogP contribution in [-0.2, 0) is 0 Å². The maximum absolute atomic E-state index is 7.38. The maximum atomic E-state index is 7.38. The van der Waals surface area contributed by atoms with E-state index >= 15 is 0 Å². The van der Waals surface area contributed by atoms with Crippen LogP contribution < -0.4 is 11.5 Å². The average molecular weight is 306 g/mol. The maximum Gasteiger partial charge on any atom is 0.248 e. The fourth-order valence-electron chi connectivity index (χ4n) is 2.04. The van der Waals surface area contributed by atoms with Crippen molar-refractivity contribution in [3.8, 4) is 22.9 Å². The van der Waals surface area contributed by atoms with E-state index in [-0.39, 0.29) is 11.7 Å². The van der Waals surface area contributed by atoms with E-state index in [0.717, 1.165) is 11.1 Å². The van der Waals surface area contributed by atoms with Gasteiger partial charge in [-0.25, -0.2) is 0 Å². The smallest absolute Gasteiger partial charge is 0.248 e. The fourth-order valence-corrected chi connectivity index (χ4v) is 2.04. The highest BCUT2D eigenvalue weighted by atomic mass is 16.4. The number of hydrogen-bond donors (Lipinski definition) is 4. The van der Waals surface area contributed by atoms with E-state index in [0.29, 0.717) is 22.9 Å². The Bertz CT molecular complexity index is 792. The summed E-state index contributed by atoms with van der Waals surface area (Å²) >= 11 is 0. The first-order valence-electron chi connectivity index (χ1n) is 6.78. The third kappa shape index (κ3) is 2.93. The van der Waals surface area contributed by atoms with Gasteiger partial charge in [0.15, 0.2) is 0 Å². The topological polar surface area (TPSA) is 139 Å². The molecule has 0 radical (unpaired) electrons. The van der Waals surface area contributed by atoms with Crippen LogP contribution in [0.15, 0.2) is 52.9 Å². The molecule has 0 aliphatic heterocycles. The lowest BCUT2D eigenvalue weighted by molar-refractivity contribution is 0.584. The summed E-state index contributed by atoms with van der Waals surface area (Å²) in [6, 6.07) is 14.0. The van der Waals surface area contributed by atoms with Gasteiger partial charge in [0.05, 0.1) is 0 Å². The molecule has 1 heterocycles. The van der Waals surface area contributed by atoms with Crippen molar-refractivity contribution in [2.45, 2.75) is 0 Å². The van der Waals surface area contributed by atoms with Crippen molar-refractivity contribution in [2.75, 3.05) is 0 Å². The Kier molecular flexibility index (Phi) is 3.60. The third-order valence-electron chi connectivity index (χ3n) is 3.31. The van der Waals surface area contributed by atoms with Gasteiger partial charge in [0.1, 0.15) is 11.7 Å². The number of nitrogens with zero attached hydrogens (tertiary/aromatic N) is 2. The molecule has 23 heavy (non-hydrogen) atoms. The van der Waals surface area contributed by atoms with Gasteiger partial charge >= 0.3 is 0 Å². The zero-order chi connectivity index (χ0) is 16.4. The standard InChI is InChI=1S/C16H14N6O/c17-13(18)9-1-5-11(6-2-9)15-21-22-16(23-15)12-7-3-10(4-8-12)14(19)20/h1-8H,(H3,17,18)(H3,19,20). The van der Waals surface area contributed by atoms with Gasteiger partial charge in [-0.2, -0.15) is 0 Å². The summed E-state index contributed by atoms with van der Waals surface area (Å²) < 4.78 is 5.66. The molecule has 3 rings (SSSR count). The van der Waals surface area contributed by atoms with E-state index in [9.17, 15) is 0 Å². The van der Waals surface area contributed by atoms with E-state index in [4.69, 9.17) is 26.7 Å². The molecule has 7 heteroatoms. The molecule has 0 amide bonds. The van der Waals surface area contributed by atoms with E-state index in [2.05, 4.69) is 10.2 Å². The van der Waals surface area contributed by atoms with Crippen molar-refractivity contribution in [2.24, 2.45) is 11.5 Å². The van der Waals surface area contributed by atoms with E-state index < -0.39 is 0 Å². The molecule has 0 bridgehead atoms. The largest absolute Gasteiger partial charge is 0.416 e. The number of rotatable bonds is 4. The molecule has 1 aromatic heterocycles. The van der Waals surface area contributed by atoms with Gasteiger partial charge in [-0.05, 0) is 24.3 Å². The number of amidine groups is 2. The molecule has 7 nitrogen and oxygen atoms in total. The van der Waals surface area contributed by atoms with E-state index in [1.54, 1.807) is 48.5 Å². The lowest BCUT2D eigenvalue weighted by atomic mass is 10.1. The first-order valence-corrected chi connectivity index (χ1v) is 6.78. The van der Waals surface area contributed by atoms with Crippen LogP contribution in [0, 0.1) is 10.8 Å². The molecule has 0 aliphatic carbocycles. The number of aromatic nitrogens is 2. The molecule has 0 saturated carbocycles. The molecular weight excluding hydrogens is 292 g/mol. The minimum Gasteiger partial charge on any atom is -0.416 e. The Balaban J connectivity index is 1.87. The van der Waals surface area contributed by atoms with Crippen LogP contribution in [0.1, 0.15) is 11.1 Å². The predicted molar refractivity (Wildman–Crippen MR) is 87.2 cm³/mol. The van der Waals surface area contributed by atoms with Crippen LogP contribution in [0.25, 0.3) is 22.9 Å². The van der Waals surface area contributed by atoms with Crippen molar-refractivity contribution < 1.29 is 4.42 Å². The Morgan fingerprint density at radius 1 is 0.696 bits per heavy atom. The van der Waals surface area contributed by atoms with Crippen molar-refractivity contribution >= 4 is 11.7 Å². The van der Waals surface area contributed by atoms with Crippen molar-refractivity contribution in [3.63, 3.8) is 0 Å². The van der Waals surface area contributed by atoms with Gasteiger partial charge in [0.25, 0.3) is 0 Å². The highest BCUT2D eigenvalue weighted by Gasteiger charge is 2.11. The van der Waals surface area contributed by atoms with E-state index in [1.807, 2.05) is 0 Å². The minimum atomic E-state index is 0.00771. The molecule has 3 aromatic rings. The van der Waals surface area contributed by atoms with Gasteiger partial charge in [0.2, 0.25) is 11.8 Å². The van der Waals surface area contributed by atoms with Gasteiger partial charge in [0, 0.05) is 22.3 Å². The Labute approximate surface area is 132 Å². The van der Waals surface area contributed by atoms with Crippen molar-refractivity contribution in [3.05, 3.63) is 59.7 Å². The number of benzene rings is 2. The van der Waals surface area contributed by atoms with Crippen LogP contribution in [0.5, 0.6) is 0 Å². The van der Waals surface area contributed by atoms with E-state index in [1.165, 1.54) is 0 Å². The number of nitrogens with one attached hydrogen (secondary N) is 2. The van der Waals surface area contributed by atoms with Gasteiger partial charge in [-0.3, -0.25) is 10.8 Å². The summed E-state index contributed by atoms with van der Waals surface area (Å²) in [5.41, 5.74) is 13.6. The summed E-state index contributed by atoms with van der Waals surface area (Å²) in [4.78, 5) is 0. The Hall–Kier alpha value is -3.48. The second-order valence-electron chi connectivity index (χ2n) is 4.89. The summed E-state index contributed by atoms with van der Waals surface area (Å²) in [5, 5.41) is 22.8. The van der Waals surface area contributed by atoms with Crippen LogP contribution in [0.4, 0.5) is 0 Å². The molecular formula is C16H14N6O. The number of nitrogen functional groups attached to an aromatic ring is 2. The second-order valence-corrected chi connectivity index (χ2v) is 4.89. The quantitative estimate of drug-likeness (QED) is 0.431. The van der Waals surface area contributed by atoms with Gasteiger partial charge in [-0.1, -0.05) is 24.3 Å². The zero-order valence-corrected chi connectivity index (χ0v) is 12.1. The molecule has 2 aromatic carbocycles. The van der Waals surface area contributed by atoms with Crippen molar-refractivity contribution in [1.82, 2.24) is 10.2 Å². The molecule has 6 N–H and O–H groups in total. The SMILES string of the molecule is N=C(N)c1ccc(-c2nnc(-c3ccc(C(=N)N)cc3)o2)cc1. The summed E-state index contributed by atoms with van der Waals surface area (Å²) in [6.07, 6.45) is 0. The monoisotopic (exact) mass is 306 g/mol. The van der Waals surface area contributed by atoms with Gasteiger partial charge in [-0.15, -0.1) is 10.2 Å². The highest BCUT2D eigenvalue weighted by Crippen LogP contribution is 2.24. The summed E-state index contributed by atoms with van der Waals surface area (Å²) in [5.74, 6) is 0.776. The average Bonchev–Trinajstić information content (AvgIpc) is 3.05. The number of hydrogen-bond acceptors (Lipinski definition) is 5. The first-order chi connectivity index (χ1) is 11.0. The fraction of sp³-hybridized carbons (Fsp3) is 0. The molecule has 0 aliphatic rings. The summed E-state index contributed by atoms with van der Waals surface area (Å²) in [7, 11) is 0. The van der Waals surface area contributed by atoms with Gasteiger partial charge < -0.3 is 15.9 Å². The molecule has 0 atom stereocenters. The second kappa shape index (κ2) is 5.72. The zero-order valence-electron chi connectivity index (χ0n) is 12.1. The Morgan fingerprint density at radius 3 is 1.35 bits per heavy atom. The van der Waals surface area contributed by atoms with Crippen LogP contribution in [0.3, 0.4) is 0 Å². The number of nitrogens with two attached hydrogens (primary N) is 2. The molecule has 0 unspecified atom stereocenters. The van der Waals surface area contributed by atoms with Crippen LogP contribution >= 0.6 is 0 Å². The normalized spacial score (nSPS) is 10.4. The van der Waals surface area contributed by atoms with Crippen LogP contribution in [0.2, 0.25) is 0 Å². The van der Waals surface area contributed by atoms with Crippen molar-refractivity contribution in [1.29, 1.82) is 10.8 Å². The summed E-state index contributed by atoms with van der Waals surface area (Å²) in [6.45, 7) is 0.